The summed E-state index contributed by atoms with van der Waals surface area (Å²) in [6, 6.07) is 19.3. The Morgan fingerprint density at radius 2 is 1.72 bits per heavy atom. The molecule has 0 aliphatic rings. The van der Waals surface area contributed by atoms with Crippen molar-refractivity contribution >= 4 is 27.6 Å². The first kappa shape index (κ1) is 24.5. The van der Waals surface area contributed by atoms with E-state index in [0.29, 0.717) is 11.4 Å². The fraction of sp³-hybridized carbons (Fsp3) is 0.0800. The molecule has 0 unspecified atom stereocenters. The van der Waals surface area contributed by atoms with Crippen LogP contribution in [-0.4, -0.2) is 36.4 Å². The van der Waals surface area contributed by atoms with Gasteiger partial charge in [0.05, 0.1) is 23.4 Å². The number of aliphatic imine (C=N–C) groups is 1. The largest absolute Gasteiger partial charge is 0.494 e. The lowest BCUT2D eigenvalue weighted by Gasteiger charge is -2.12. The summed E-state index contributed by atoms with van der Waals surface area (Å²) in [4.78, 5) is 30.9. The summed E-state index contributed by atoms with van der Waals surface area (Å²) in [6.07, 6.45) is 1.07. The van der Waals surface area contributed by atoms with E-state index in [9.17, 15) is 23.1 Å². The van der Waals surface area contributed by atoms with Gasteiger partial charge in [-0.1, -0.05) is 36.4 Å². The fourth-order valence-corrected chi connectivity index (χ4v) is 4.57. The maximum absolute atomic E-state index is 12.9. The van der Waals surface area contributed by atoms with Gasteiger partial charge in [0, 0.05) is 12.3 Å². The molecule has 0 aliphatic carbocycles. The van der Waals surface area contributed by atoms with E-state index in [1.54, 1.807) is 61.5 Å². The number of benzene rings is 3. The second-order valence-corrected chi connectivity index (χ2v) is 9.36. The first-order valence-corrected chi connectivity index (χ1v) is 12.1. The predicted octanol–water partition coefficient (Wildman–Crippen LogP) is 3.10. The molecule has 184 valence electrons. The number of hydrogen-bond acceptors (Lipinski definition) is 7. The highest BCUT2D eigenvalue weighted by molar-refractivity contribution is 7.92. The van der Waals surface area contributed by atoms with E-state index in [0.717, 1.165) is 16.3 Å². The summed E-state index contributed by atoms with van der Waals surface area (Å²) in [5.74, 6) is -0.481. The molecule has 0 fully saturated rings. The fourth-order valence-electron chi connectivity index (χ4n) is 3.43. The first-order valence-electron chi connectivity index (χ1n) is 10.7. The lowest BCUT2D eigenvalue weighted by molar-refractivity contribution is 0.415. The van der Waals surface area contributed by atoms with Crippen LogP contribution in [-0.2, 0) is 10.0 Å². The van der Waals surface area contributed by atoms with Crippen molar-refractivity contribution in [2.24, 2.45) is 4.99 Å². The molecular formula is C25H22N4O6S. The van der Waals surface area contributed by atoms with Crippen LogP contribution in [0.5, 0.6) is 11.6 Å². The molecule has 0 bridgehead atoms. The van der Waals surface area contributed by atoms with Gasteiger partial charge in [-0.15, -0.1) is 0 Å². The smallest absolute Gasteiger partial charge is 0.335 e. The van der Waals surface area contributed by atoms with E-state index in [1.807, 2.05) is 0 Å². The molecule has 36 heavy (non-hydrogen) atoms. The number of aromatic hydroxyl groups is 1. The van der Waals surface area contributed by atoms with E-state index < -0.39 is 27.2 Å². The Kier molecular flexibility index (Phi) is 6.75. The van der Waals surface area contributed by atoms with E-state index in [1.165, 1.54) is 25.3 Å². The third kappa shape index (κ3) is 4.91. The van der Waals surface area contributed by atoms with Crippen molar-refractivity contribution in [2.45, 2.75) is 11.8 Å². The van der Waals surface area contributed by atoms with E-state index in [4.69, 9.17) is 4.74 Å². The molecule has 0 spiro atoms. The van der Waals surface area contributed by atoms with Crippen LogP contribution in [0, 0.1) is 6.92 Å². The number of sulfonamides is 1. The lowest BCUT2D eigenvalue weighted by Crippen LogP contribution is -2.31. The molecule has 1 heterocycles. The number of ether oxygens (including phenoxy) is 1. The third-order valence-corrected chi connectivity index (χ3v) is 6.68. The van der Waals surface area contributed by atoms with Crippen LogP contribution in [0.4, 0.5) is 11.4 Å². The van der Waals surface area contributed by atoms with Gasteiger partial charge >= 0.3 is 5.69 Å². The van der Waals surface area contributed by atoms with Crippen molar-refractivity contribution in [2.75, 3.05) is 11.8 Å². The SMILES string of the molecule is COc1cc(S(=O)(=O)Nc2ccccc2C)ccc1N=Cc1c(O)n(-c2ccccc2)c(=O)[nH]c1=O. The molecule has 4 aromatic rings. The molecule has 11 heteroatoms. The molecule has 0 aliphatic heterocycles. The van der Waals surface area contributed by atoms with Gasteiger partial charge in [0.2, 0.25) is 5.88 Å². The summed E-state index contributed by atoms with van der Waals surface area (Å²) in [5, 5.41) is 10.7. The number of rotatable bonds is 7. The highest BCUT2D eigenvalue weighted by Gasteiger charge is 2.18. The standard InChI is InChI=1S/C25H22N4O6S/c1-16-8-6-7-11-20(16)28-36(33,34)18-12-13-21(22(14-18)35-2)26-15-19-23(30)27-25(32)29(24(19)31)17-9-4-3-5-10-17/h3-15,28,31H,1-2H3,(H,27,30,32). The van der Waals surface area contributed by atoms with Gasteiger partial charge in [-0.05, 0) is 42.8 Å². The Hall–Kier alpha value is -4.64. The number of H-pyrrole nitrogens is 1. The molecule has 0 radical (unpaired) electrons. The topological polar surface area (TPSA) is 143 Å². The Labute approximate surface area is 206 Å². The first-order chi connectivity index (χ1) is 17.2. The van der Waals surface area contributed by atoms with Crippen molar-refractivity contribution in [1.29, 1.82) is 0 Å². The van der Waals surface area contributed by atoms with Crippen LogP contribution >= 0.6 is 0 Å². The summed E-state index contributed by atoms with van der Waals surface area (Å²) in [7, 11) is -2.58. The van der Waals surface area contributed by atoms with Crippen LogP contribution in [0.15, 0.2) is 92.3 Å². The number of nitrogens with one attached hydrogen (secondary N) is 2. The normalized spacial score (nSPS) is 11.5. The second kappa shape index (κ2) is 9.92. The Morgan fingerprint density at radius 1 is 1.03 bits per heavy atom. The zero-order valence-corrected chi connectivity index (χ0v) is 20.1. The minimum Gasteiger partial charge on any atom is -0.494 e. The molecule has 4 rings (SSSR count). The second-order valence-electron chi connectivity index (χ2n) is 7.68. The monoisotopic (exact) mass is 506 g/mol. The molecule has 0 saturated carbocycles. The molecule has 0 saturated heterocycles. The van der Waals surface area contributed by atoms with Gasteiger partial charge in [0.15, 0.2) is 0 Å². The van der Waals surface area contributed by atoms with Gasteiger partial charge in [-0.3, -0.25) is 19.5 Å². The van der Waals surface area contributed by atoms with Crippen LogP contribution < -0.4 is 20.7 Å². The number of methoxy groups -OCH3 is 1. The average Bonchev–Trinajstić information content (AvgIpc) is 2.85. The Bertz CT molecular complexity index is 1680. The quantitative estimate of drug-likeness (QED) is 0.329. The van der Waals surface area contributed by atoms with E-state index in [-0.39, 0.29) is 21.9 Å². The molecule has 3 N–H and O–H groups in total. The zero-order valence-electron chi connectivity index (χ0n) is 19.3. The minimum absolute atomic E-state index is 0.0557. The van der Waals surface area contributed by atoms with Crippen molar-refractivity contribution in [3.63, 3.8) is 0 Å². The number of hydrogen-bond donors (Lipinski definition) is 3. The predicted molar refractivity (Wildman–Crippen MR) is 137 cm³/mol. The Balaban J connectivity index is 1.70. The van der Waals surface area contributed by atoms with Crippen molar-refractivity contribution in [3.05, 3.63) is 105 Å². The van der Waals surface area contributed by atoms with Crippen molar-refractivity contribution in [1.82, 2.24) is 9.55 Å². The van der Waals surface area contributed by atoms with Crippen LogP contribution in [0.1, 0.15) is 11.1 Å². The van der Waals surface area contributed by atoms with E-state index in [2.05, 4.69) is 14.7 Å². The summed E-state index contributed by atoms with van der Waals surface area (Å²) in [5.41, 5.74) is -0.165. The number of nitrogens with zero attached hydrogens (tertiary/aromatic N) is 2. The van der Waals surface area contributed by atoms with Gasteiger partial charge in [-0.2, -0.15) is 0 Å². The zero-order chi connectivity index (χ0) is 25.9. The molecule has 1 aromatic heterocycles. The minimum atomic E-state index is -3.92. The number of aromatic nitrogens is 2. The van der Waals surface area contributed by atoms with Gasteiger partial charge in [0.1, 0.15) is 17.0 Å². The Morgan fingerprint density at radius 3 is 2.42 bits per heavy atom. The molecular weight excluding hydrogens is 484 g/mol. The maximum Gasteiger partial charge on any atom is 0.335 e. The van der Waals surface area contributed by atoms with Gasteiger partial charge in [0.25, 0.3) is 15.6 Å². The molecule has 0 atom stereocenters. The van der Waals surface area contributed by atoms with E-state index >= 15 is 0 Å². The van der Waals surface area contributed by atoms with Crippen molar-refractivity contribution < 1.29 is 18.3 Å². The highest BCUT2D eigenvalue weighted by atomic mass is 32.2. The van der Waals surface area contributed by atoms with Crippen LogP contribution in [0.2, 0.25) is 0 Å². The highest BCUT2D eigenvalue weighted by Crippen LogP contribution is 2.31. The number of aryl methyl sites for hydroxylation is 1. The number of para-hydroxylation sites is 2. The van der Waals surface area contributed by atoms with Crippen LogP contribution in [0.3, 0.4) is 0 Å². The molecule has 3 aromatic carbocycles. The average molecular weight is 507 g/mol. The number of aromatic amines is 1. The molecule has 0 amide bonds. The summed E-state index contributed by atoms with van der Waals surface area (Å²) < 4.78 is 34.6. The maximum atomic E-state index is 12.9. The molecule has 10 nitrogen and oxygen atoms in total. The lowest BCUT2D eigenvalue weighted by atomic mass is 10.2. The third-order valence-electron chi connectivity index (χ3n) is 5.32. The number of anilines is 1. The van der Waals surface area contributed by atoms with Gasteiger partial charge in [-0.25, -0.2) is 17.8 Å². The summed E-state index contributed by atoms with van der Waals surface area (Å²) in [6.45, 7) is 1.79. The van der Waals surface area contributed by atoms with Crippen molar-refractivity contribution in [3.8, 4) is 17.3 Å². The van der Waals surface area contributed by atoms with Gasteiger partial charge < -0.3 is 9.84 Å². The van der Waals surface area contributed by atoms with Crippen LogP contribution in [0.25, 0.3) is 5.69 Å². The summed E-state index contributed by atoms with van der Waals surface area (Å²) >= 11 is 0.